The minimum absolute atomic E-state index is 0.00755. The first-order valence-electron chi connectivity index (χ1n) is 6.29. The van der Waals surface area contributed by atoms with Gasteiger partial charge >= 0.3 is 0 Å². The van der Waals surface area contributed by atoms with E-state index in [1.807, 2.05) is 0 Å². The molecular formula is C13H22O. The van der Waals surface area contributed by atoms with E-state index in [4.69, 9.17) is 0 Å². The molecule has 1 N–H and O–H groups in total. The van der Waals surface area contributed by atoms with Crippen molar-refractivity contribution in [3.8, 4) is 0 Å². The quantitative estimate of drug-likeness (QED) is 0.628. The van der Waals surface area contributed by atoms with E-state index >= 15 is 0 Å². The van der Waals surface area contributed by atoms with Crippen molar-refractivity contribution in [2.24, 2.45) is 29.1 Å². The van der Waals surface area contributed by atoms with Gasteiger partial charge in [-0.2, -0.15) is 0 Å². The molecule has 0 saturated heterocycles. The molecule has 80 valence electrons. The van der Waals surface area contributed by atoms with Gasteiger partial charge in [-0.3, -0.25) is 0 Å². The molecule has 0 aliphatic heterocycles. The van der Waals surface area contributed by atoms with Crippen LogP contribution in [0.15, 0.2) is 0 Å². The Morgan fingerprint density at radius 3 is 2.36 bits per heavy atom. The number of fused-ring (bicyclic) bond motifs is 4. The first kappa shape index (κ1) is 9.21. The van der Waals surface area contributed by atoms with E-state index in [2.05, 4.69) is 13.8 Å². The maximum atomic E-state index is 10.3. The fourth-order valence-electron chi connectivity index (χ4n) is 4.66. The predicted molar refractivity (Wildman–Crippen MR) is 56.8 cm³/mol. The highest BCUT2D eigenvalue weighted by molar-refractivity contribution is 5.10. The van der Waals surface area contributed by atoms with Gasteiger partial charge in [-0.1, -0.05) is 26.7 Å². The van der Waals surface area contributed by atoms with E-state index in [0.717, 1.165) is 17.8 Å². The Labute approximate surface area is 86.9 Å². The lowest BCUT2D eigenvalue weighted by atomic mass is 9.53. The molecular weight excluding hydrogens is 172 g/mol. The standard InChI is InChI=1S/C13H22O/c1-13(2)7-10-8-5-3-4-6-9(8)11(10)12(13)14/h8-12,14H,3-7H2,1-2H3. The molecule has 3 aliphatic rings. The molecule has 0 aromatic carbocycles. The second-order valence-corrected chi connectivity index (χ2v) is 6.49. The summed E-state index contributed by atoms with van der Waals surface area (Å²) in [5.74, 6) is 3.44. The van der Waals surface area contributed by atoms with Gasteiger partial charge in [-0.25, -0.2) is 0 Å². The topological polar surface area (TPSA) is 20.2 Å². The van der Waals surface area contributed by atoms with Crippen LogP contribution < -0.4 is 0 Å². The molecule has 0 bridgehead atoms. The van der Waals surface area contributed by atoms with Crippen LogP contribution in [-0.4, -0.2) is 11.2 Å². The van der Waals surface area contributed by atoms with Gasteiger partial charge in [-0.15, -0.1) is 0 Å². The van der Waals surface area contributed by atoms with Crippen molar-refractivity contribution in [3.63, 3.8) is 0 Å². The van der Waals surface area contributed by atoms with E-state index < -0.39 is 0 Å². The van der Waals surface area contributed by atoms with Crippen molar-refractivity contribution >= 4 is 0 Å². The summed E-state index contributed by atoms with van der Waals surface area (Å²) in [4.78, 5) is 0. The fourth-order valence-corrected chi connectivity index (χ4v) is 4.66. The summed E-state index contributed by atoms with van der Waals surface area (Å²) in [6, 6.07) is 0. The predicted octanol–water partition coefficient (Wildman–Crippen LogP) is 2.83. The van der Waals surface area contributed by atoms with Gasteiger partial charge in [0.2, 0.25) is 0 Å². The van der Waals surface area contributed by atoms with Crippen LogP contribution in [0.3, 0.4) is 0 Å². The molecule has 0 spiro atoms. The first-order valence-corrected chi connectivity index (χ1v) is 6.29. The minimum Gasteiger partial charge on any atom is -0.392 e. The maximum Gasteiger partial charge on any atom is 0.0624 e. The van der Waals surface area contributed by atoms with Gasteiger partial charge in [0.05, 0.1) is 6.10 Å². The Balaban J connectivity index is 1.83. The third-order valence-electron chi connectivity index (χ3n) is 5.34. The van der Waals surface area contributed by atoms with Crippen molar-refractivity contribution in [2.75, 3.05) is 0 Å². The van der Waals surface area contributed by atoms with Crippen LogP contribution >= 0.6 is 0 Å². The molecule has 0 amide bonds. The Hall–Kier alpha value is -0.0400. The molecule has 14 heavy (non-hydrogen) atoms. The van der Waals surface area contributed by atoms with Crippen molar-refractivity contribution in [2.45, 2.75) is 52.1 Å². The SMILES string of the molecule is CC1(C)CC2C3CCCCC3C2C1O. The van der Waals surface area contributed by atoms with E-state index in [-0.39, 0.29) is 11.5 Å². The largest absolute Gasteiger partial charge is 0.392 e. The van der Waals surface area contributed by atoms with Crippen molar-refractivity contribution < 1.29 is 5.11 Å². The van der Waals surface area contributed by atoms with Gasteiger partial charge in [0, 0.05) is 0 Å². The van der Waals surface area contributed by atoms with E-state index in [9.17, 15) is 5.11 Å². The maximum absolute atomic E-state index is 10.3. The Morgan fingerprint density at radius 2 is 1.64 bits per heavy atom. The lowest BCUT2D eigenvalue weighted by Crippen LogP contribution is -2.49. The molecule has 1 nitrogen and oxygen atoms in total. The number of hydrogen-bond donors (Lipinski definition) is 1. The number of hydrogen-bond acceptors (Lipinski definition) is 1. The van der Waals surface area contributed by atoms with E-state index in [1.54, 1.807) is 0 Å². The van der Waals surface area contributed by atoms with Gasteiger partial charge in [0.15, 0.2) is 0 Å². The molecule has 3 saturated carbocycles. The molecule has 0 heterocycles. The van der Waals surface area contributed by atoms with Crippen LogP contribution in [0.4, 0.5) is 0 Å². The summed E-state index contributed by atoms with van der Waals surface area (Å²) in [6.45, 7) is 4.50. The lowest BCUT2D eigenvalue weighted by molar-refractivity contribution is -0.0859. The highest BCUT2D eigenvalue weighted by atomic mass is 16.3. The third kappa shape index (κ3) is 0.997. The minimum atomic E-state index is -0.00755. The summed E-state index contributed by atoms with van der Waals surface area (Å²) >= 11 is 0. The first-order chi connectivity index (χ1) is 6.61. The van der Waals surface area contributed by atoms with Crippen molar-refractivity contribution in [3.05, 3.63) is 0 Å². The monoisotopic (exact) mass is 194 g/mol. The van der Waals surface area contributed by atoms with Gasteiger partial charge in [0.1, 0.15) is 0 Å². The second kappa shape index (κ2) is 2.75. The molecule has 3 rings (SSSR count). The van der Waals surface area contributed by atoms with Crippen LogP contribution in [0, 0.1) is 29.1 Å². The molecule has 0 aromatic heterocycles. The summed E-state index contributed by atoms with van der Waals surface area (Å²) < 4.78 is 0. The fraction of sp³-hybridized carbons (Fsp3) is 1.00. The number of rotatable bonds is 0. The molecule has 5 unspecified atom stereocenters. The van der Waals surface area contributed by atoms with Crippen LogP contribution in [0.25, 0.3) is 0 Å². The average Bonchev–Trinajstić information content (AvgIpc) is 2.33. The summed E-state index contributed by atoms with van der Waals surface area (Å²) in [7, 11) is 0. The molecule has 3 fully saturated rings. The van der Waals surface area contributed by atoms with E-state index in [0.29, 0.717) is 5.92 Å². The highest BCUT2D eigenvalue weighted by Gasteiger charge is 2.61. The zero-order chi connectivity index (χ0) is 9.92. The molecule has 0 aromatic rings. The second-order valence-electron chi connectivity index (χ2n) is 6.49. The summed E-state index contributed by atoms with van der Waals surface area (Å²) in [6.07, 6.45) is 6.98. The summed E-state index contributed by atoms with van der Waals surface area (Å²) in [5.41, 5.74) is 0.201. The summed E-state index contributed by atoms with van der Waals surface area (Å²) in [5, 5.41) is 10.3. The number of aliphatic hydroxyl groups is 1. The lowest BCUT2D eigenvalue weighted by Gasteiger charge is -2.53. The smallest absolute Gasteiger partial charge is 0.0624 e. The Kier molecular flexibility index (Phi) is 1.81. The van der Waals surface area contributed by atoms with Crippen LogP contribution in [0.1, 0.15) is 46.0 Å². The molecule has 0 radical (unpaired) electrons. The average molecular weight is 194 g/mol. The number of aliphatic hydroxyl groups excluding tert-OH is 1. The van der Waals surface area contributed by atoms with Crippen molar-refractivity contribution in [1.29, 1.82) is 0 Å². The molecule has 1 heteroatoms. The van der Waals surface area contributed by atoms with Crippen LogP contribution in [0.5, 0.6) is 0 Å². The Bertz CT molecular complexity index is 246. The van der Waals surface area contributed by atoms with Gasteiger partial charge in [0.25, 0.3) is 0 Å². The van der Waals surface area contributed by atoms with Crippen molar-refractivity contribution in [1.82, 2.24) is 0 Å². The Morgan fingerprint density at radius 1 is 1.00 bits per heavy atom. The van der Waals surface area contributed by atoms with Crippen LogP contribution in [-0.2, 0) is 0 Å². The van der Waals surface area contributed by atoms with E-state index in [1.165, 1.54) is 32.1 Å². The van der Waals surface area contributed by atoms with Gasteiger partial charge in [-0.05, 0) is 48.3 Å². The zero-order valence-corrected chi connectivity index (χ0v) is 9.37. The normalized spacial score (nSPS) is 54.6. The molecule has 5 atom stereocenters. The third-order valence-corrected chi connectivity index (χ3v) is 5.34. The molecule has 3 aliphatic carbocycles. The zero-order valence-electron chi connectivity index (χ0n) is 9.37. The van der Waals surface area contributed by atoms with Gasteiger partial charge < -0.3 is 5.11 Å². The highest BCUT2D eigenvalue weighted by Crippen LogP contribution is 2.64. The van der Waals surface area contributed by atoms with Crippen LogP contribution in [0.2, 0.25) is 0 Å².